The lowest BCUT2D eigenvalue weighted by Gasteiger charge is -2.06. The van der Waals surface area contributed by atoms with Crippen LogP contribution in [-0.2, 0) is 13.5 Å². The average Bonchev–Trinajstić information content (AvgIpc) is 2.60. The molecule has 2 N–H and O–H groups in total. The second-order valence-electron chi connectivity index (χ2n) is 4.05. The first-order valence-electron chi connectivity index (χ1n) is 5.50. The molecule has 1 heterocycles. The van der Waals surface area contributed by atoms with Gasteiger partial charge in [0, 0.05) is 12.6 Å². The molecule has 0 radical (unpaired) electrons. The predicted octanol–water partition coefficient (Wildman–Crippen LogP) is 1.90. The van der Waals surface area contributed by atoms with E-state index in [-0.39, 0.29) is 0 Å². The maximum atomic E-state index is 5.61. The number of nitrogens with zero attached hydrogens (tertiary/aromatic N) is 2. The van der Waals surface area contributed by atoms with Crippen molar-refractivity contribution < 1.29 is 0 Å². The summed E-state index contributed by atoms with van der Waals surface area (Å²) in [5.41, 5.74) is 10.5. The molecule has 3 heteroatoms. The standard InChI is InChI=1S/C13H17N3/c1-10-4-3-5-11(8-10)13-12(6-7-14)9-15-16(13)2/h3-5,8-9H,6-7,14H2,1-2H3. The summed E-state index contributed by atoms with van der Waals surface area (Å²) in [5, 5.41) is 4.30. The van der Waals surface area contributed by atoms with Crippen molar-refractivity contribution in [3.8, 4) is 11.3 Å². The van der Waals surface area contributed by atoms with Crippen LogP contribution in [-0.4, -0.2) is 16.3 Å². The normalized spacial score (nSPS) is 10.7. The minimum absolute atomic E-state index is 0.657. The van der Waals surface area contributed by atoms with E-state index in [1.807, 2.05) is 17.9 Å². The van der Waals surface area contributed by atoms with Gasteiger partial charge in [0.2, 0.25) is 0 Å². The maximum Gasteiger partial charge on any atom is 0.0711 e. The summed E-state index contributed by atoms with van der Waals surface area (Å²) < 4.78 is 1.92. The lowest BCUT2D eigenvalue weighted by atomic mass is 10.0. The molecule has 0 amide bonds. The van der Waals surface area contributed by atoms with Crippen LogP contribution in [0, 0.1) is 6.92 Å². The molecule has 0 saturated carbocycles. The van der Waals surface area contributed by atoms with Gasteiger partial charge in [-0.15, -0.1) is 0 Å². The number of hydrogen-bond acceptors (Lipinski definition) is 2. The van der Waals surface area contributed by atoms with E-state index in [1.165, 1.54) is 22.4 Å². The number of aryl methyl sites for hydroxylation is 2. The van der Waals surface area contributed by atoms with Crippen molar-refractivity contribution in [1.82, 2.24) is 9.78 Å². The Balaban J connectivity index is 2.50. The fourth-order valence-corrected chi connectivity index (χ4v) is 1.99. The zero-order valence-corrected chi connectivity index (χ0v) is 9.77. The van der Waals surface area contributed by atoms with Gasteiger partial charge < -0.3 is 5.73 Å². The lowest BCUT2D eigenvalue weighted by molar-refractivity contribution is 0.775. The van der Waals surface area contributed by atoms with E-state index >= 15 is 0 Å². The van der Waals surface area contributed by atoms with Crippen molar-refractivity contribution in [2.24, 2.45) is 12.8 Å². The molecule has 3 nitrogen and oxygen atoms in total. The summed E-state index contributed by atoms with van der Waals surface area (Å²) in [6.07, 6.45) is 2.78. The number of benzene rings is 1. The van der Waals surface area contributed by atoms with Crippen molar-refractivity contribution in [1.29, 1.82) is 0 Å². The van der Waals surface area contributed by atoms with Crippen molar-refractivity contribution in [2.45, 2.75) is 13.3 Å². The van der Waals surface area contributed by atoms with E-state index < -0.39 is 0 Å². The molecule has 84 valence electrons. The zero-order valence-electron chi connectivity index (χ0n) is 9.77. The topological polar surface area (TPSA) is 43.8 Å². The molecule has 0 unspecified atom stereocenters. The molecule has 0 spiro atoms. The molecule has 2 rings (SSSR count). The highest BCUT2D eigenvalue weighted by Gasteiger charge is 2.09. The van der Waals surface area contributed by atoms with Crippen LogP contribution in [0.2, 0.25) is 0 Å². The Kier molecular flexibility index (Phi) is 3.06. The predicted molar refractivity (Wildman–Crippen MR) is 66.1 cm³/mol. The minimum Gasteiger partial charge on any atom is -0.330 e. The SMILES string of the molecule is Cc1cccc(-c2c(CCN)cnn2C)c1. The molecule has 0 bridgehead atoms. The maximum absolute atomic E-state index is 5.61. The monoisotopic (exact) mass is 215 g/mol. The smallest absolute Gasteiger partial charge is 0.0711 e. The fraction of sp³-hybridized carbons (Fsp3) is 0.308. The van der Waals surface area contributed by atoms with E-state index in [9.17, 15) is 0 Å². The van der Waals surface area contributed by atoms with Crippen LogP contribution in [0.15, 0.2) is 30.5 Å². The van der Waals surface area contributed by atoms with Gasteiger partial charge in [0.25, 0.3) is 0 Å². The molecular formula is C13H17N3. The van der Waals surface area contributed by atoms with E-state index in [1.54, 1.807) is 0 Å². The van der Waals surface area contributed by atoms with Gasteiger partial charge in [-0.3, -0.25) is 4.68 Å². The highest BCUT2D eigenvalue weighted by Crippen LogP contribution is 2.23. The number of hydrogen-bond donors (Lipinski definition) is 1. The summed E-state index contributed by atoms with van der Waals surface area (Å²) in [5.74, 6) is 0. The Bertz CT molecular complexity index is 486. The first-order chi connectivity index (χ1) is 7.72. The molecule has 0 aliphatic heterocycles. The van der Waals surface area contributed by atoms with Crippen LogP contribution >= 0.6 is 0 Å². The molecule has 1 aromatic carbocycles. The van der Waals surface area contributed by atoms with Gasteiger partial charge in [0.05, 0.1) is 11.9 Å². The van der Waals surface area contributed by atoms with Crippen LogP contribution in [0.3, 0.4) is 0 Å². The highest BCUT2D eigenvalue weighted by molar-refractivity contribution is 5.64. The van der Waals surface area contributed by atoms with Crippen LogP contribution in [0.4, 0.5) is 0 Å². The molecule has 2 aromatic rings. The molecule has 0 fully saturated rings. The molecule has 1 aromatic heterocycles. The van der Waals surface area contributed by atoms with Gasteiger partial charge in [-0.05, 0) is 31.5 Å². The van der Waals surface area contributed by atoms with Crippen LogP contribution in [0.25, 0.3) is 11.3 Å². The first-order valence-corrected chi connectivity index (χ1v) is 5.50. The Morgan fingerprint density at radius 1 is 1.38 bits per heavy atom. The highest BCUT2D eigenvalue weighted by atomic mass is 15.3. The van der Waals surface area contributed by atoms with E-state index in [4.69, 9.17) is 5.73 Å². The Hall–Kier alpha value is -1.61. The van der Waals surface area contributed by atoms with Crippen molar-refractivity contribution in [3.63, 3.8) is 0 Å². The molecule has 0 atom stereocenters. The van der Waals surface area contributed by atoms with Crippen LogP contribution < -0.4 is 5.73 Å². The summed E-state index contributed by atoms with van der Waals surface area (Å²) in [4.78, 5) is 0. The Morgan fingerprint density at radius 2 is 2.19 bits per heavy atom. The second kappa shape index (κ2) is 4.49. The quantitative estimate of drug-likeness (QED) is 0.849. The van der Waals surface area contributed by atoms with Crippen LogP contribution in [0.5, 0.6) is 0 Å². The fourth-order valence-electron chi connectivity index (χ4n) is 1.99. The molecule has 0 aliphatic carbocycles. The van der Waals surface area contributed by atoms with Gasteiger partial charge in [-0.1, -0.05) is 23.8 Å². The van der Waals surface area contributed by atoms with Crippen molar-refractivity contribution in [3.05, 3.63) is 41.6 Å². The third-order valence-electron chi connectivity index (χ3n) is 2.72. The van der Waals surface area contributed by atoms with Gasteiger partial charge in [-0.2, -0.15) is 5.10 Å². The molecule has 0 aliphatic rings. The van der Waals surface area contributed by atoms with Gasteiger partial charge in [-0.25, -0.2) is 0 Å². The molecule has 0 saturated heterocycles. The third-order valence-corrected chi connectivity index (χ3v) is 2.72. The van der Waals surface area contributed by atoms with E-state index in [0.29, 0.717) is 6.54 Å². The van der Waals surface area contributed by atoms with Crippen molar-refractivity contribution in [2.75, 3.05) is 6.54 Å². The largest absolute Gasteiger partial charge is 0.330 e. The number of nitrogens with two attached hydrogens (primary N) is 1. The lowest BCUT2D eigenvalue weighted by Crippen LogP contribution is -2.04. The molecular weight excluding hydrogens is 198 g/mol. The van der Waals surface area contributed by atoms with Gasteiger partial charge >= 0.3 is 0 Å². The Labute approximate surface area is 95.9 Å². The first kappa shape index (κ1) is 10.9. The zero-order chi connectivity index (χ0) is 11.5. The molecule has 16 heavy (non-hydrogen) atoms. The van der Waals surface area contributed by atoms with Gasteiger partial charge in [0.1, 0.15) is 0 Å². The van der Waals surface area contributed by atoms with Crippen molar-refractivity contribution >= 4 is 0 Å². The second-order valence-corrected chi connectivity index (χ2v) is 4.05. The number of rotatable bonds is 3. The summed E-state index contributed by atoms with van der Waals surface area (Å²) in [6, 6.07) is 8.47. The Morgan fingerprint density at radius 3 is 2.88 bits per heavy atom. The summed E-state index contributed by atoms with van der Waals surface area (Å²) in [6.45, 7) is 2.76. The minimum atomic E-state index is 0.657. The third kappa shape index (κ3) is 1.99. The number of aromatic nitrogens is 2. The van der Waals surface area contributed by atoms with Gasteiger partial charge in [0.15, 0.2) is 0 Å². The average molecular weight is 215 g/mol. The summed E-state index contributed by atoms with van der Waals surface area (Å²) in [7, 11) is 1.97. The van der Waals surface area contributed by atoms with E-state index in [0.717, 1.165) is 6.42 Å². The van der Waals surface area contributed by atoms with E-state index in [2.05, 4.69) is 36.3 Å². The van der Waals surface area contributed by atoms with Crippen LogP contribution in [0.1, 0.15) is 11.1 Å². The summed E-state index contributed by atoms with van der Waals surface area (Å²) >= 11 is 0.